The summed E-state index contributed by atoms with van der Waals surface area (Å²) in [6.07, 6.45) is 8.94. The molecule has 1 nitrogen and oxygen atoms in total. The van der Waals surface area contributed by atoms with Gasteiger partial charge in [-0.05, 0) is 68.3 Å². The summed E-state index contributed by atoms with van der Waals surface area (Å²) in [4.78, 5) is 0. The molecule has 1 fully saturated rings. The van der Waals surface area contributed by atoms with E-state index in [4.69, 9.17) is 0 Å². The van der Waals surface area contributed by atoms with E-state index in [1.165, 1.54) is 44.1 Å². The van der Waals surface area contributed by atoms with E-state index >= 15 is 0 Å². The molecule has 0 radical (unpaired) electrons. The van der Waals surface area contributed by atoms with Gasteiger partial charge in [0.15, 0.2) is 0 Å². The molecule has 1 aliphatic rings. The van der Waals surface area contributed by atoms with Gasteiger partial charge in [0.1, 0.15) is 5.82 Å². The minimum Gasteiger partial charge on any atom is -0.314 e. The fourth-order valence-corrected chi connectivity index (χ4v) is 3.40. The van der Waals surface area contributed by atoms with E-state index in [-0.39, 0.29) is 5.82 Å². The fourth-order valence-electron chi connectivity index (χ4n) is 3.40. The van der Waals surface area contributed by atoms with E-state index in [0.29, 0.717) is 12.0 Å². The molecule has 0 spiro atoms. The van der Waals surface area contributed by atoms with Gasteiger partial charge in [0, 0.05) is 6.04 Å². The smallest absolute Gasteiger partial charge is 0.123 e. The Morgan fingerprint density at radius 3 is 2.75 bits per heavy atom. The highest BCUT2D eigenvalue weighted by Gasteiger charge is 2.23. The van der Waals surface area contributed by atoms with Gasteiger partial charge in [-0.2, -0.15) is 0 Å². The molecule has 0 aliphatic heterocycles. The zero-order valence-corrected chi connectivity index (χ0v) is 12.9. The lowest BCUT2D eigenvalue weighted by molar-refractivity contribution is 0.332. The van der Waals surface area contributed by atoms with E-state index in [9.17, 15) is 4.39 Å². The summed E-state index contributed by atoms with van der Waals surface area (Å²) < 4.78 is 13.2. The quantitative estimate of drug-likeness (QED) is 0.774. The Bertz CT molecular complexity index is 416. The predicted molar refractivity (Wildman–Crippen MR) is 83.5 cm³/mol. The first kappa shape index (κ1) is 15.5. The Balaban J connectivity index is 2.06. The summed E-state index contributed by atoms with van der Waals surface area (Å²) >= 11 is 0. The van der Waals surface area contributed by atoms with Crippen LogP contribution in [0.4, 0.5) is 4.39 Å². The van der Waals surface area contributed by atoms with Gasteiger partial charge in [-0.25, -0.2) is 4.39 Å². The third kappa shape index (κ3) is 4.31. The second-order valence-electron chi connectivity index (χ2n) is 6.23. The van der Waals surface area contributed by atoms with E-state index in [1.807, 2.05) is 13.0 Å². The monoisotopic (exact) mass is 277 g/mol. The molecule has 1 aliphatic carbocycles. The summed E-state index contributed by atoms with van der Waals surface area (Å²) in [7, 11) is 0. The van der Waals surface area contributed by atoms with Crippen LogP contribution in [0.25, 0.3) is 0 Å². The van der Waals surface area contributed by atoms with Gasteiger partial charge in [0.25, 0.3) is 0 Å². The first-order valence-electron chi connectivity index (χ1n) is 8.19. The molecule has 1 saturated carbocycles. The van der Waals surface area contributed by atoms with Gasteiger partial charge in [-0.15, -0.1) is 0 Å². The third-order valence-electron chi connectivity index (χ3n) is 4.60. The van der Waals surface area contributed by atoms with Crippen LogP contribution in [-0.2, 0) is 6.42 Å². The van der Waals surface area contributed by atoms with Gasteiger partial charge < -0.3 is 5.32 Å². The van der Waals surface area contributed by atoms with Crippen molar-refractivity contribution in [2.24, 2.45) is 5.92 Å². The van der Waals surface area contributed by atoms with Crippen LogP contribution >= 0.6 is 0 Å². The van der Waals surface area contributed by atoms with Gasteiger partial charge in [-0.1, -0.05) is 32.3 Å². The maximum Gasteiger partial charge on any atom is 0.123 e. The molecule has 0 bridgehead atoms. The molecule has 112 valence electrons. The largest absolute Gasteiger partial charge is 0.314 e. The molecule has 0 aromatic heterocycles. The molecule has 2 rings (SSSR count). The average molecular weight is 277 g/mol. The standard InChI is InChI=1S/C18H28FN/c1-3-11-20-18-8-6-4-5-7-16(18)13-15-9-10-17(19)12-14(15)2/h9-10,12,16,18,20H,3-8,11,13H2,1-2H3. The summed E-state index contributed by atoms with van der Waals surface area (Å²) in [5.74, 6) is 0.584. The Morgan fingerprint density at radius 2 is 2.00 bits per heavy atom. The Hall–Kier alpha value is -0.890. The highest BCUT2D eigenvalue weighted by atomic mass is 19.1. The van der Waals surface area contributed by atoms with Crippen LogP contribution in [-0.4, -0.2) is 12.6 Å². The summed E-state index contributed by atoms with van der Waals surface area (Å²) in [6.45, 7) is 5.37. The topological polar surface area (TPSA) is 12.0 Å². The molecule has 0 heterocycles. The molecule has 2 atom stereocenters. The minimum absolute atomic E-state index is 0.118. The molecule has 1 aromatic rings. The Morgan fingerprint density at radius 1 is 1.20 bits per heavy atom. The van der Waals surface area contributed by atoms with E-state index < -0.39 is 0 Å². The van der Waals surface area contributed by atoms with Crippen LogP contribution in [0.5, 0.6) is 0 Å². The van der Waals surface area contributed by atoms with Crippen LogP contribution in [0.15, 0.2) is 18.2 Å². The van der Waals surface area contributed by atoms with Crippen molar-refractivity contribution in [3.63, 3.8) is 0 Å². The van der Waals surface area contributed by atoms with Crippen LogP contribution in [0, 0.1) is 18.7 Å². The number of hydrogen-bond acceptors (Lipinski definition) is 1. The number of aryl methyl sites for hydroxylation is 1. The number of nitrogens with one attached hydrogen (secondary N) is 1. The van der Waals surface area contributed by atoms with Crippen molar-refractivity contribution >= 4 is 0 Å². The van der Waals surface area contributed by atoms with Crippen molar-refractivity contribution in [1.29, 1.82) is 0 Å². The highest BCUT2D eigenvalue weighted by Crippen LogP contribution is 2.28. The molecule has 2 heteroatoms. The van der Waals surface area contributed by atoms with Gasteiger partial charge in [0.05, 0.1) is 0 Å². The highest BCUT2D eigenvalue weighted by molar-refractivity contribution is 5.27. The molecule has 20 heavy (non-hydrogen) atoms. The van der Waals surface area contributed by atoms with E-state index in [0.717, 1.165) is 18.5 Å². The van der Waals surface area contributed by atoms with Crippen molar-refractivity contribution in [3.05, 3.63) is 35.1 Å². The molecule has 0 amide bonds. The lowest BCUT2D eigenvalue weighted by Gasteiger charge is -2.27. The van der Waals surface area contributed by atoms with Crippen molar-refractivity contribution in [2.75, 3.05) is 6.54 Å². The average Bonchev–Trinajstić information content (AvgIpc) is 2.65. The maximum atomic E-state index is 13.2. The lowest BCUT2D eigenvalue weighted by Crippen LogP contribution is -2.37. The molecule has 0 saturated heterocycles. The molecule has 1 aromatic carbocycles. The van der Waals surface area contributed by atoms with E-state index in [2.05, 4.69) is 12.2 Å². The van der Waals surface area contributed by atoms with Crippen LogP contribution in [0.3, 0.4) is 0 Å². The Kier molecular flexibility index (Phi) is 6.03. The minimum atomic E-state index is -0.118. The molecular weight excluding hydrogens is 249 g/mol. The molecular formula is C18H28FN. The number of benzene rings is 1. The number of halogens is 1. The molecule has 2 unspecified atom stereocenters. The van der Waals surface area contributed by atoms with Crippen LogP contribution in [0.1, 0.15) is 56.6 Å². The van der Waals surface area contributed by atoms with Crippen molar-refractivity contribution in [2.45, 2.75) is 64.8 Å². The summed E-state index contributed by atoms with van der Waals surface area (Å²) in [5, 5.41) is 3.74. The zero-order chi connectivity index (χ0) is 14.4. The summed E-state index contributed by atoms with van der Waals surface area (Å²) in [5.41, 5.74) is 2.42. The van der Waals surface area contributed by atoms with Crippen molar-refractivity contribution in [3.8, 4) is 0 Å². The van der Waals surface area contributed by atoms with Crippen molar-refractivity contribution < 1.29 is 4.39 Å². The number of hydrogen-bond donors (Lipinski definition) is 1. The van der Waals surface area contributed by atoms with Crippen LogP contribution in [0.2, 0.25) is 0 Å². The zero-order valence-electron chi connectivity index (χ0n) is 12.9. The van der Waals surface area contributed by atoms with Gasteiger partial charge in [0.2, 0.25) is 0 Å². The van der Waals surface area contributed by atoms with E-state index in [1.54, 1.807) is 12.1 Å². The first-order valence-corrected chi connectivity index (χ1v) is 8.19. The van der Waals surface area contributed by atoms with Gasteiger partial charge >= 0.3 is 0 Å². The second kappa shape index (κ2) is 7.78. The first-order chi connectivity index (χ1) is 9.70. The fraction of sp³-hybridized carbons (Fsp3) is 0.667. The molecule has 1 N–H and O–H groups in total. The van der Waals surface area contributed by atoms with Crippen LogP contribution < -0.4 is 5.32 Å². The van der Waals surface area contributed by atoms with Gasteiger partial charge in [-0.3, -0.25) is 0 Å². The lowest BCUT2D eigenvalue weighted by atomic mass is 9.87. The normalized spacial score (nSPS) is 23.6. The summed E-state index contributed by atoms with van der Waals surface area (Å²) in [6, 6.07) is 5.89. The maximum absolute atomic E-state index is 13.2. The second-order valence-corrected chi connectivity index (χ2v) is 6.23. The third-order valence-corrected chi connectivity index (χ3v) is 4.60. The SMILES string of the molecule is CCCNC1CCCCCC1Cc1ccc(F)cc1C. The Labute approximate surface area is 123 Å². The van der Waals surface area contributed by atoms with Crippen molar-refractivity contribution in [1.82, 2.24) is 5.32 Å². The number of rotatable bonds is 5. The predicted octanol–water partition coefficient (Wildman–Crippen LogP) is 4.63.